The topological polar surface area (TPSA) is 237 Å². The van der Waals surface area contributed by atoms with Crippen molar-refractivity contribution in [1.29, 1.82) is 0 Å². The maximum absolute atomic E-state index is 13.0. The molecule has 0 aromatic rings. The Morgan fingerprint density at radius 1 is 0.326 bits per heavy atom. The molecule has 0 aliphatic heterocycles. The number of ether oxygens (including phenoxy) is 4. The minimum atomic E-state index is -4.95. The Morgan fingerprint density at radius 2 is 0.558 bits per heavy atom. The molecule has 0 saturated heterocycles. The van der Waals surface area contributed by atoms with Gasteiger partial charge in [-0.25, -0.2) is 9.13 Å². The Morgan fingerprint density at radius 3 is 0.826 bits per heavy atom. The first-order valence-electron chi connectivity index (χ1n) is 35.0. The van der Waals surface area contributed by atoms with Crippen molar-refractivity contribution in [3.8, 4) is 0 Å². The molecule has 0 aliphatic carbocycles. The summed E-state index contributed by atoms with van der Waals surface area (Å²) in [6.45, 7) is 11.8. The molecule has 0 bridgehead atoms. The van der Waals surface area contributed by atoms with E-state index < -0.39 is 97.5 Å². The Kier molecular flexibility index (Phi) is 56.9. The number of phosphoric ester groups is 2. The molecule has 0 spiro atoms. The lowest BCUT2D eigenvalue weighted by atomic mass is 9.99. The van der Waals surface area contributed by atoms with Crippen LogP contribution < -0.4 is 0 Å². The molecule has 8 atom stereocenters. The summed E-state index contributed by atoms with van der Waals surface area (Å²) in [7, 11) is -9.89. The van der Waals surface area contributed by atoms with Gasteiger partial charge >= 0.3 is 39.5 Å². The van der Waals surface area contributed by atoms with E-state index in [1.165, 1.54) is 128 Å². The standard InChI is InChI=1S/C67H130O17P2/c1-8-12-13-14-15-25-34-41-48-64(69)77-54-63(84-67(72)51-44-37-30-28-33-40-47-60(7)11-4)57-82-86(75,76)80-53-61(68)52-79-85(73,74)81-56-62(55-78-65(70)49-42-35-29-27-32-39-46-59(6)10-3)83-66(71)50-43-36-26-23-21-19-17-16-18-20-22-24-31-38-45-58(5)9-2/h58-63,68H,8-57H2,1-7H3,(H,73,74)(H,75,76)/t58?,59?,60?,61-,62-,63-/m1/s1. The zero-order valence-corrected chi connectivity index (χ0v) is 57.6. The maximum atomic E-state index is 13.0. The summed E-state index contributed by atoms with van der Waals surface area (Å²) in [6, 6.07) is 0. The van der Waals surface area contributed by atoms with E-state index in [0.29, 0.717) is 25.7 Å². The third-order valence-corrected chi connectivity index (χ3v) is 18.4. The highest BCUT2D eigenvalue weighted by molar-refractivity contribution is 7.47. The van der Waals surface area contributed by atoms with E-state index in [4.69, 9.17) is 37.0 Å². The molecular weight excluding hydrogens is 1140 g/mol. The summed E-state index contributed by atoms with van der Waals surface area (Å²) in [6.07, 6.45) is 40.4. The lowest BCUT2D eigenvalue weighted by Crippen LogP contribution is -2.30. The third-order valence-electron chi connectivity index (χ3n) is 16.5. The first kappa shape index (κ1) is 84.1. The summed E-state index contributed by atoms with van der Waals surface area (Å²) in [5.41, 5.74) is 0. The largest absolute Gasteiger partial charge is 0.472 e. The number of rotatable bonds is 65. The summed E-state index contributed by atoms with van der Waals surface area (Å²) in [4.78, 5) is 72.3. The van der Waals surface area contributed by atoms with Crippen molar-refractivity contribution in [2.45, 2.75) is 349 Å². The Bertz CT molecular complexity index is 1700. The molecule has 0 saturated carbocycles. The highest BCUT2D eigenvalue weighted by atomic mass is 31.2. The first-order chi connectivity index (χ1) is 41.3. The van der Waals surface area contributed by atoms with Crippen LogP contribution in [0.25, 0.3) is 0 Å². The van der Waals surface area contributed by atoms with Crippen LogP contribution in [0.15, 0.2) is 0 Å². The van der Waals surface area contributed by atoms with Crippen molar-refractivity contribution in [2.24, 2.45) is 17.8 Å². The summed E-state index contributed by atoms with van der Waals surface area (Å²) in [5.74, 6) is 0.160. The van der Waals surface area contributed by atoms with Gasteiger partial charge < -0.3 is 33.8 Å². The van der Waals surface area contributed by atoms with Crippen LogP contribution in [0.3, 0.4) is 0 Å². The summed E-state index contributed by atoms with van der Waals surface area (Å²) >= 11 is 0. The van der Waals surface area contributed by atoms with E-state index in [1.54, 1.807) is 0 Å². The van der Waals surface area contributed by atoms with Gasteiger partial charge in [-0.1, -0.05) is 280 Å². The van der Waals surface area contributed by atoms with Gasteiger partial charge in [0.05, 0.1) is 26.4 Å². The molecule has 5 unspecified atom stereocenters. The fourth-order valence-electron chi connectivity index (χ4n) is 9.91. The molecule has 0 fully saturated rings. The number of unbranched alkanes of at least 4 members (excludes halogenated alkanes) is 30. The lowest BCUT2D eigenvalue weighted by molar-refractivity contribution is -0.161. The van der Waals surface area contributed by atoms with Gasteiger partial charge in [0, 0.05) is 25.7 Å². The van der Waals surface area contributed by atoms with Gasteiger partial charge in [0.2, 0.25) is 0 Å². The van der Waals surface area contributed by atoms with Crippen LogP contribution in [0.5, 0.6) is 0 Å². The van der Waals surface area contributed by atoms with Crippen LogP contribution in [-0.2, 0) is 65.4 Å². The van der Waals surface area contributed by atoms with Gasteiger partial charge in [-0.3, -0.25) is 37.3 Å². The van der Waals surface area contributed by atoms with Crippen LogP contribution >= 0.6 is 15.6 Å². The van der Waals surface area contributed by atoms with Gasteiger partial charge in [-0.15, -0.1) is 0 Å². The van der Waals surface area contributed by atoms with Crippen LogP contribution in [0.2, 0.25) is 0 Å². The predicted octanol–water partition coefficient (Wildman–Crippen LogP) is 18.7. The fourth-order valence-corrected chi connectivity index (χ4v) is 11.5. The van der Waals surface area contributed by atoms with Gasteiger partial charge in [0.1, 0.15) is 19.3 Å². The monoisotopic (exact) mass is 1270 g/mol. The number of hydrogen-bond acceptors (Lipinski definition) is 15. The molecule has 19 heteroatoms. The highest BCUT2D eigenvalue weighted by Gasteiger charge is 2.30. The number of hydrogen-bond donors (Lipinski definition) is 3. The number of aliphatic hydroxyl groups is 1. The smallest absolute Gasteiger partial charge is 0.462 e. The Balaban J connectivity index is 5.20. The quantitative estimate of drug-likeness (QED) is 0.0222. The molecule has 0 amide bonds. The van der Waals surface area contributed by atoms with Crippen molar-refractivity contribution in [2.75, 3.05) is 39.6 Å². The molecule has 0 aromatic carbocycles. The van der Waals surface area contributed by atoms with E-state index in [-0.39, 0.29) is 25.7 Å². The number of esters is 4. The van der Waals surface area contributed by atoms with Gasteiger partial charge in [-0.05, 0) is 43.4 Å². The van der Waals surface area contributed by atoms with Crippen molar-refractivity contribution in [3.05, 3.63) is 0 Å². The summed E-state index contributed by atoms with van der Waals surface area (Å²) < 4.78 is 68.0. The molecule has 3 N–H and O–H groups in total. The Labute approximate surface area is 524 Å². The van der Waals surface area contributed by atoms with Gasteiger partial charge in [0.15, 0.2) is 12.2 Å². The second-order valence-corrected chi connectivity index (χ2v) is 27.8. The lowest BCUT2D eigenvalue weighted by Gasteiger charge is -2.21. The van der Waals surface area contributed by atoms with Crippen molar-refractivity contribution in [1.82, 2.24) is 0 Å². The average Bonchev–Trinajstić information content (AvgIpc) is 3.67. The average molecular weight is 1270 g/mol. The SMILES string of the molecule is CCCCCCCCCCC(=O)OC[C@H](COP(=O)(O)OC[C@H](O)COP(=O)(O)OC[C@@H](COC(=O)CCCCCCCCC(C)CC)OC(=O)CCCCCCCCCCCCCCCCC(C)CC)OC(=O)CCCCCCCCC(C)CC. The maximum Gasteiger partial charge on any atom is 0.472 e. The third kappa shape index (κ3) is 57.2. The van der Waals surface area contributed by atoms with Crippen LogP contribution in [0.4, 0.5) is 0 Å². The predicted molar refractivity (Wildman–Crippen MR) is 344 cm³/mol. The molecule has 17 nitrogen and oxygen atoms in total. The van der Waals surface area contributed by atoms with E-state index in [1.807, 2.05) is 0 Å². The molecule has 0 radical (unpaired) electrons. The molecule has 0 heterocycles. The zero-order valence-electron chi connectivity index (χ0n) is 55.8. The van der Waals surface area contributed by atoms with Crippen molar-refractivity contribution in [3.63, 3.8) is 0 Å². The number of aliphatic hydroxyl groups excluding tert-OH is 1. The molecule has 0 rings (SSSR count). The minimum Gasteiger partial charge on any atom is -0.462 e. The molecule has 510 valence electrons. The van der Waals surface area contributed by atoms with Gasteiger partial charge in [0.25, 0.3) is 0 Å². The Hall–Kier alpha value is -1.94. The zero-order chi connectivity index (χ0) is 63.8. The van der Waals surface area contributed by atoms with Crippen LogP contribution in [-0.4, -0.2) is 96.7 Å². The number of phosphoric acid groups is 2. The van der Waals surface area contributed by atoms with E-state index in [0.717, 1.165) is 120 Å². The number of carbonyl (C=O) groups excluding carboxylic acids is 4. The normalized spacial score (nSPS) is 15.2. The minimum absolute atomic E-state index is 0.102. The summed E-state index contributed by atoms with van der Waals surface area (Å²) in [5, 5.41) is 10.5. The van der Waals surface area contributed by atoms with Crippen molar-refractivity contribution < 1.29 is 80.2 Å². The molecular formula is C67H130O17P2. The van der Waals surface area contributed by atoms with Gasteiger partial charge in [-0.2, -0.15) is 0 Å². The fraction of sp³-hybridized carbons (Fsp3) is 0.940. The molecule has 0 aliphatic rings. The van der Waals surface area contributed by atoms with E-state index >= 15 is 0 Å². The second-order valence-electron chi connectivity index (χ2n) is 24.9. The van der Waals surface area contributed by atoms with E-state index in [2.05, 4.69) is 48.5 Å². The van der Waals surface area contributed by atoms with E-state index in [9.17, 15) is 43.2 Å². The number of carbonyl (C=O) groups is 4. The van der Waals surface area contributed by atoms with Crippen molar-refractivity contribution >= 4 is 39.5 Å². The van der Waals surface area contributed by atoms with Crippen LogP contribution in [0, 0.1) is 17.8 Å². The molecule has 86 heavy (non-hydrogen) atoms. The highest BCUT2D eigenvalue weighted by Crippen LogP contribution is 2.45. The van der Waals surface area contributed by atoms with Crippen LogP contribution in [0.1, 0.15) is 331 Å². The second kappa shape index (κ2) is 58.2. The molecule has 0 aromatic heterocycles. The first-order valence-corrected chi connectivity index (χ1v) is 38.0.